The quantitative estimate of drug-likeness (QED) is 0.176. The molecule has 0 unspecified atom stereocenters. The van der Waals surface area contributed by atoms with Crippen molar-refractivity contribution in [2.45, 2.75) is 16.2 Å². The second-order valence-electron chi connectivity index (χ2n) is 23.0. The monoisotopic (exact) mass is 1050 g/mol. The van der Waals surface area contributed by atoms with Gasteiger partial charge in [0.15, 0.2) is 0 Å². The molecule has 2 spiro atoms. The molecule has 19 rings (SSSR count). The maximum Gasteiger partial charge on any atom is 0.0939 e. The summed E-state index contributed by atoms with van der Waals surface area (Å²) in [4.78, 5) is 11.5. The molecule has 4 aromatic heterocycles. The highest BCUT2D eigenvalue weighted by atomic mass is 15.0. The van der Waals surface area contributed by atoms with E-state index in [0.29, 0.717) is 0 Å². The molecule has 15 aromatic rings. The van der Waals surface area contributed by atoms with Gasteiger partial charge in [0, 0.05) is 32.7 Å². The standard InChI is InChI=1S/C79H48N4/c1-3-23-49(24-4-1)77(50-25-5-2-6-26-50)64-37-17-18-38-65(64)79(67-45-60-55-29-9-16-36-63(55)78(66(60)46-68(67)77)61-34-14-7-27-53(61)54-28-8-15-35-62(54)78)69-43-51(82-71-39-19-10-30-56(71)57-31-11-20-40-72(57)82)47-80-75(69)76-70(79)44-52(48-81-76)83-73-41-21-12-32-58(73)59-33-13-22-42-74(59)83/h1-48H. The first-order valence-corrected chi connectivity index (χ1v) is 28.9. The molecule has 11 aromatic carbocycles. The lowest BCUT2D eigenvalue weighted by Gasteiger charge is -2.50. The van der Waals surface area contributed by atoms with E-state index >= 15 is 0 Å². The van der Waals surface area contributed by atoms with Crippen molar-refractivity contribution in [2.24, 2.45) is 0 Å². The van der Waals surface area contributed by atoms with Crippen LogP contribution in [0.15, 0.2) is 291 Å². The Hall–Kier alpha value is -10.7. The molecule has 0 fully saturated rings. The minimum absolute atomic E-state index is 0.598. The average Bonchev–Trinajstić information content (AvgIpc) is 1.64. The van der Waals surface area contributed by atoms with E-state index in [1.807, 2.05) is 0 Å². The third-order valence-corrected chi connectivity index (χ3v) is 19.5. The van der Waals surface area contributed by atoms with Gasteiger partial charge >= 0.3 is 0 Å². The minimum atomic E-state index is -0.960. The first-order valence-electron chi connectivity index (χ1n) is 28.9. The van der Waals surface area contributed by atoms with E-state index in [1.165, 1.54) is 99.4 Å². The van der Waals surface area contributed by atoms with Gasteiger partial charge in [0.1, 0.15) is 0 Å². The van der Waals surface area contributed by atoms with Crippen molar-refractivity contribution >= 4 is 43.6 Å². The normalized spacial score (nSPS) is 14.8. The lowest BCUT2D eigenvalue weighted by atomic mass is 9.51. The van der Waals surface area contributed by atoms with Crippen LogP contribution in [0, 0.1) is 0 Å². The van der Waals surface area contributed by atoms with Crippen LogP contribution in [0.3, 0.4) is 0 Å². The topological polar surface area (TPSA) is 35.6 Å². The number of nitrogens with zero attached hydrogens (tertiary/aromatic N) is 4. The fourth-order valence-corrected chi connectivity index (χ4v) is 16.6. The molecular formula is C79H48N4. The summed E-state index contributed by atoms with van der Waals surface area (Å²) in [6.07, 6.45) is 4.18. The van der Waals surface area contributed by atoms with Crippen molar-refractivity contribution in [3.63, 3.8) is 0 Å². The molecule has 4 heteroatoms. The summed E-state index contributed by atoms with van der Waals surface area (Å²) >= 11 is 0. The van der Waals surface area contributed by atoms with Gasteiger partial charge in [-0.3, -0.25) is 9.97 Å². The Morgan fingerprint density at radius 1 is 0.229 bits per heavy atom. The lowest BCUT2D eigenvalue weighted by Crippen LogP contribution is -2.45. The molecule has 4 aliphatic carbocycles. The fourth-order valence-electron chi connectivity index (χ4n) is 16.6. The molecule has 0 atom stereocenters. The minimum Gasteiger partial charge on any atom is -0.308 e. The maximum absolute atomic E-state index is 5.74. The van der Waals surface area contributed by atoms with Crippen molar-refractivity contribution in [1.29, 1.82) is 0 Å². The second-order valence-corrected chi connectivity index (χ2v) is 23.0. The van der Waals surface area contributed by atoms with Crippen LogP contribution in [0.2, 0.25) is 0 Å². The van der Waals surface area contributed by atoms with E-state index in [2.05, 4.69) is 301 Å². The summed E-state index contributed by atoms with van der Waals surface area (Å²) in [6, 6.07) is 105. The SMILES string of the molecule is c1ccc(C2(c3ccccc3)c3ccccc3C3(c4cc5c(cc42)C2(c4ccccc4-c4ccccc42)c2ccccc2-5)c2cc(-n4c5ccccc5c5ccccc54)cnc2-c2ncc(-n4c5ccccc5c5ccccc54)cc23)cc1. The third kappa shape index (κ3) is 5.43. The number of fused-ring (bicyclic) bond motifs is 25. The number of para-hydroxylation sites is 4. The van der Waals surface area contributed by atoms with Gasteiger partial charge in [0.2, 0.25) is 0 Å². The number of aromatic nitrogens is 4. The number of hydrogen-bond donors (Lipinski definition) is 0. The number of benzene rings is 11. The molecule has 384 valence electrons. The number of rotatable bonds is 4. The largest absolute Gasteiger partial charge is 0.308 e. The van der Waals surface area contributed by atoms with Gasteiger partial charge in [-0.1, -0.05) is 237 Å². The van der Waals surface area contributed by atoms with Crippen molar-refractivity contribution < 1.29 is 0 Å². The Labute approximate surface area is 479 Å². The molecule has 4 nitrogen and oxygen atoms in total. The van der Waals surface area contributed by atoms with Crippen molar-refractivity contribution in [1.82, 2.24) is 19.1 Å². The Morgan fingerprint density at radius 3 is 0.988 bits per heavy atom. The summed E-state index contributed by atoms with van der Waals surface area (Å²) in [6.45, 7) is 0. The zero-order valence-corrected chi connectivity index (χ0v) is 45.0. The summed E-state index contributed by atoms with van der Waals surface area (Å²) in [5.41, 5.74) is 25.8. The van der Waals surface area contributed by atoms with Crippen molar-refractivity contribution in [3.05, 3.63) is 358 Å². The summed E-state index contributed by atoms with van der Waals surface area (Å²) < 4.78 is 4.86. The van der Waals surface area contributed by atoms with Crippen LogP contribution in [0.4, 0.5) is 0 Å². The van der Waals surface area contributed by atoms with Crippen LogP contribution in [0.5, 0.6) is 0 Å². The van der Waals surface area contributed by atoms with E-state index in [1.54, 1.807) is 0 Å². The molecule has 0 saturated carbocycles. The number of pyridine rings is 2. The van der Waals surface area contributed by atoms with E-state index in [9.17, 15) is 0 Å². The Bertz CT molecular complexity index is 4940. The summed E-state index contributed by atoms with van der Waals surface area (Å²) in [5, 5.41) is 4.84. The van der Waals surface area contributed by atoms with Crippen LogP contribution in [-0.2, 0) is 16.2 Å². The van der Waals surface area contributed by atoms with Crippen LogP contribution >= 0.6 is 0 Å². The molecule has 4 heterocycles. The maximum atomic E-state index is 5.74. The molecule has 0 N–H and O–H groups in total. The van der Waals surface area contributed by atoms with Crippen molar-refractivity contribution in [3.8, 4) is 45.0 Å². The highest BCUT2D eigenvalue weighted by Gasteiger charge is 2.60. The van der Waals surface area contributed by atoms with Crippen LogP contribution < -0.4 is 0 Å². The smallest absolute Gasteiger partial charge is 0.0939 e. The molecule has 83 heavy (non-hydrogen) atoms. The van der Waals surface area contributed by atoms with Gasteiger partial charge in [-0.15, -0.1) is 0 Å². The predicted octanol–water partition coefficient (Wildman–Crippen LogP) is 18.1. The second kappa shape index (κ2) is 16.2. The van der Waals surface area contributed by atoms with Gasteiger partial charge < -0.3 is 9.13 Å². The van der Waals surface area contributed by atoms with Gasteiger partial charge in [-0.25, -0.2) is 0 Å². The zero-order chi connectivity index (χ0) is 54.2. The summed E-state index contributed by atoms with van der Waals surface area (Å²) in [5.74, 6) is 0. The molecule has 0 radical (unpaired) electrons. The van der Waals surface area contributed by atoms with Crippen molar-refractivity contribution in [2.75, 3.05) is 0 Å². The van der Waals surface area contributed by atoms with Gasteiger partial charge in [-0.05, 0) is 120 Å². The Kier molecular flexibility index (Phi) is 8.83. The van der Waals surface area contributed by atoms with Crippen LogP contribution in [0.1, 0.15) is 66.8 Å². The van der Waals surface area contributed by atoms with E-state index in [4.69, 9.17) is 9.97 Å². The molecule has 0 bridgehead atoms. The first kappa shape index (κ1) is 45.1. The van der Waals surface area contributed by atoms with Crippen LogP contribution in [-0.4, -0.2) is 19.1 Å². The fraction of sp³-hybridized carbons (Fsp3) is 0.0380. The molecule has 4 aliphatic rings. The molecule has 0 amide bonds. The van der Waals surface area contributed by atoms with Gasteiger partial charge in [0.25, 0.3) is 0 Å². The molecule has 0 saturated heterocycles. The average molecular weight is 1050 g/mol. The molecule has 0 aliphatic heterocycles. The first-order chi connectivity index (χ1) is 41.2. The number of hydrogen-bond acceptors (Lipinski definition) is 2. The third-order valence-electron chi connectivity index (χ3n) is 19.5. The Balaban J connectivity index is 1.02. The lowest BCUT2D eigenvalue weighted by molar-refractivity contribution is 0.619. The van der Waals surface area contributed by atoms with E-state index in [0.717, 1.165) is 56.0 Å². The van der Waals surface area contributed by atoms with E-state index < -0.39 is 16.2 Å². The predicted molar refractivity (Wildman–Crippen MR) is 336 cm³/mol. The van der Waals surface area contributed by atoms with E-state index in [-0.39, 0.29) is 0 Å². The van der Waals surface area contributed by atoms with Gasteiger partial charge in [-0.2, -0.15) is 0 Å². The summed E-state index contributed by atoms with van der Waals surface area (Å²) in [7, 11) is 0. The molecular weight excluding hydrogens is 1000 g/mol. The Morgan fingerprint density at radius 2 is 0.554 bits per heavy atom. The highest BCUT2D eigenvalue weighted by Crippen LogP contribution is 2.69. The zero-order valence-electron chi connectivity index (χ0n) is 45.0. The highest BCUT2D eigenvalue weighted by molar-refractivity contribution is 6.10. The van der Waals surface area contributed by atoms with Gasteiger partial charge in [0.05, 0.1) is 73.5 Å². The van der Waals surface area contributed by atoms with Crippen LogP contribution in [0.25, 0.3) is 88.6 Å².